The molecule has 1 aliphatic heterocycles. The molecule has 0 amide bonds. The van der Waals surface area contributed by atoms with Gasteiger partial charge in [-0.1, -0.05) is 0 Å². The normalized spacial score (nSPS) is 14.6. The zero-order valence-electron chi connectivity index (χ0n) is 14.0. The van der Waals surface area contributed by atoms with E-state index in [4.69, 9.17) is 15.2 Å². The number of rotatable bonds is 7. The van der Waals surface area contributed by atoms with E-state index in [1.807, 2.05) is 0 Å². The molecule has 1 aromatic heterocycles. The van der Waals surface area contributed by atoms with E-state index in [1.165, 1.54) is 35.0 Å². The van der Waals surface area contributed by atoms with Crippen LogP contribution in [0.25, 0.3) is 10.9 Å². The topological polar surface area (TPSA) is 49.4 Å². The maximum absolute atomic E-state index is 6.07. The van der Waals surface area contributed by atoms with Gasteiger partial charge in [0.05, 0.1) is 6.61 Å². The van der Waals surface area contributed by atoms with Crippen LogP contribution in [0, 0.1) is 0 Å². The smallest absolute Gasteiger partial charge is 0.120 e. The van der Waals surface area contributed by atoms with Crippen LogP contribution in [-0.2, 0) is 24.1 Å². The van der Waals surface area contributed by atoms with Gasteiger partial charge >= 0.3 is 0 Å². The minimum absolute atomic E-state index is 0. The Labute approximate surface area is 144 Å². The molecule has 0 bridgehead atoms. The Morgan fingerprint density at radius 2 is 2.13 bits per heavy atom. The number of halogens is 1. The summed E-state index contributed by atoms with van der Waals surface area (Å²) in [6, 6.07) is 6.64. The molecule has 128 valence electrons. The van der Waals surface area contributed by atoms with E-state index in [1.54, 1.807) is 7.11 Å². The van der Waals surface area contributed by atoms with Crippen LogP contribution in [-0.4, -0.2) is 30.9 Å². The lowest BCUT2D eigenvalue weighted by atomic mass is 10.0. The summed E-state index contributed by atoms with van der Waals surface area (Å²) in [4.78, 5) is 0. The van der Waals surface area contributed by atoms with Crippen molar-refractivity contribution in [3.05, 3.63) is 29.5 Å². The molecule has 0 fully saturated rings. The first-order valence-electron chi connectivity index (χ1n) is 8.22. The maximum atomic E-state index is 6.07. The molecule has 2 N–H and O–H groups in total. The minimum atomic E-state index is 0. The van der Waals surface area contributed by atoms with Crippen molar-refractivity contribution in [3.63, 3.8) is 0 Å². The Bertz CT molecular complexity index is 652. The summed E-state index contributed by atoms with van der Waals surface area (Å²) in [6.45, 7) is 4.63. The summed E-state index contributed by atoms with van der Waals surface area (Å²) in [5.74, 6) is 0.943. The van der Waals surface area contributed by atoms with Gasteiger partial charge in [-0.3, -0.25) is 0 Å². The van der Waals surface area contributed by atoms with E-state index < -0.39 is 0 Å². The molecular formula is C18H27ClN2O2. The molecule has 0 saturated carbocycles. The van der Waals surface area contributed by atoms with Gasteiger partial charge in [0.2, 0.25) is 0 Å². The summed E-state index contributed by atoms with van der Waals surface area (Å²) >= 11 is 0. The molecule has 1 atom stereocenters. The lowest BCUT2D eigenvalue weighted by Crippen LogP contribution is -2.18. The molecule has 0 aliphatic carbocycles. The molecule has 2 aromatic rings. The molecule has 1 aromatic carbocycles. The number of aryl methyl sites for hydroxylation is 1. The van der Waals surface area contributed by atoms with Crippen molar-refractivity contribution in [1.82, 2.24) is 4.57 Å². The van der Waals surface area contributed by atoms with Crippen LogP contribution in [0.2, 0.25) is 0 Å². The number of nitrogens with zero attached hydrogens (tertiary/aromatic N) is 1. The summed E-state index contributed by atoms with van der Waals surface area (Å²) < 4.78 is 13.4. The number of hydrogen-bond acceptors (Lipinski definition) is 3. The molecule has 1 aliphatic rings. The average molecular weight is 339 g/mol. The van der Waals surface area contributed by atoms with E-state index in [2.05, 4.69) is 29.7 Å². The van der Waals surface area contributed by atoms with Crippen molar-refractivity contribution in [3.8, 4) is 5.75 Å². The summed E-state index contributed by atoms with van der Waals surface area (Å²) in [5, 5.41) is 1.32. The van der Waals surface area contributed by atoms with Crippen LogP contribution in [0.3, 0.4) is 0 Å². The van der Waals surface area contributed by atoms with Gasteiger partial charge in [-0.05, 0) is 49.9 Å². The summed E-state index contributed by atoms with van der Waals surface area (Å²) in [6.07, 6.45) is 4.26. The van der Waals surface area contributed by atoms with Crippen LogP contribution in [0.15, 0.2) is 18.2 Å². The second-order valence-corrected chi connectivity index (χ2v) is 6.24. The van der Waals surface area contributed by atoms with E-state index in [9.17, 15) is 0 Å². The largest absolute Gasteiger partial charge is 0.493 e. The van der Waals surface area contributed by atoms with Crippen molar-refractivity contribution in [2.24, 2.45) is 5.73 Å². The highest BCUT2D eigenvalue weighted by molar-refractivity contribution is 5.87. The Morgan fingerprint density at radius 3 is 2.87 bits per heavy atom. The predicted octanol–water partition coefficient (Wildman–Crippen LogP) is 3.31. The lowest BCUT2D eigenvalue weighted by Gasteiger charge is -2.08. The van der Waals surface area contributed by atoms with Crippen LogP contribution in [0.5, 0.6) is 5.75 Å². The monoisotopic (exact) mass is 338 g/mol. The van der Waals surface area contributed by atoms with Gasteiger partial charge in [0.15, 0.2) is 0 Å². The molecule has 0 saturated heterocycles. The molecule has 23 heavy (non-hydrogen) atoms. The minimum Gasteiger partial charge on any atom is -0.493 e. The van der Waals surface area contributed by atoms with Gasteiger partial charge in [0.25, 0.3) is 0 Å². The molecule has 2 heterocycles. The fourth-order valence-corrected chi connectivity index (χ4v) is 3.43. The Morgan fingerprint density at radius 1 is 1.30 bits per heavy atom. The standard InChI is InChI=1S/C18H26N2O2.ClH/c1-13(19)11-15-16-12-14(22-10-4-9-21-2)6-7-18(16)20-8-3-5-17(15)20;/h6-7,12-13H,3-5,8-11,19H2,1-2H3;1H/t13-;/m0./s1. The Balaban J connectivity index is 0.00000192. The maximum Gasteiger partial charge on any atom is 0.120 e. The highest BCUT2D eigenvalue weighted by Crippen LogP contribution is 2.34. The molecule has 4 nitrogen and oxygen atoms in total. The first-order valence-corrected chi connectivity index (χ1v) is 8.22. The highest BCUT2D eigenvalue weighted by Gasteiger charge is 2.21. The van der Waals surface area contributed by atoms with E-state index >= 15 is 0 Å². The molecule has 0 spiro atoms. The molecule has 5 heteroatoms. The Hall–Kier alpha value is -1.23. The SMILES string of the molecule is COCCCOc1ccc2c(c1)c(C[C@H](C)N)c1n2CCC1.Cl. The molecule has 0 radical (unpaired) electrons. The van der Waals surface area contributed by atoms with Crippen molar-refractivity contribution in [2.45, 2.75) is 45.2 Å². The second kappa shape index (κ2) is 8.04. The van der Waals surface area contributed by atoms with E-state index in [-0.39, 0.29) is 18.4 Å². The van der Waals surface area contributed by atoms with Crippen molar-refractivity contribution >= 4 is 23.3 Å². The van der Waals surface area contributed by atoms with Gasteiger partial charge in [-0.15, -0.1) is 12.4 Å². The van der Waals surface area contributed by atoms with E-state index in [0.717, 1.165) is 31.7 Å². The van der Waals surface area contributed by atoms with Crippen molar-refractivity contribution < 1.29 is 9.47 Å². The van der Waals surface area contributed by atoms with Crippen LogP contribution < -0.4 is 10.5 Å². The zero-order chi connectivity index (χ0) is 15.5. The predicted molar refractivity (Wildman–Crippen MR) is 96.8 cm³/mol. The number of hydrogen-bond donors (Lipinski definition) is 1. The zero-order valence-corrected chi connectivity index (χ0v) is 14.8. The fraction of sp³-hybridized carbons (Fsp3) is 0.556. The van der Waals surface area contributed by atoms with E-state index in [0.29, 0.717) is 6.61 Å². The van der Waals surface area contributed by atoms with Gasteiger partial charge in [-0.25, -0.2) is 0 Å². The fourth-order valence-electron chi connectivity index (χ4n) is 3.43. The van der Waals surface area contributed by atoms with Gasteiger partial charge in [0.1, 0.15) is 5.75 Å². The molecule has 3 rings (SSSR count). The first-order chi connectivity index (χ1) is 10.7. The third-order valence-electron chi connectivity index (χ3n) is 4.34. The molecule has 0 unspecified atom stereocenters. The van der Waals surface area contributed by atoms with Crippen LogP contribution in [0.1, 0.15) is 31.0 Å². The number of aromatic nitrogens is 1. The first kappa shape index (κ1) is 18.1. The average Bonchev–Trinajstić information content (AvgIpc) is 3.06. The number of benzene rings is 1. The van der Waals surface area contributed by atoms with Gasteiger partial charge < -0.3 is 19.8 Å². The quantitative estimate of drug-likeness (QED) is 0.788. The van der Waals surface area contributed by atoms with Gasteiger partial charge in [-0.2, -0.15) is 0 Å². The van der Waals surface area contributed by atoms with Crippen molar-refractivity contribution in [2.75, 3.05) is 20.3 Å². The summed E-state index contributed by atoms with van der Waals surface area (Å²) in [5.41, 5.74) is 10.3. The lowest BCUT2D eigenvalue weighted by molar-refractivity contribution is 0.172. The number of ether oxygens (including phenoxy) is 2. The highest BCUT2D eigenvalue weighted by atomic mass is 35.5. The summed E-state index contributed by atoms with van der Waals surface area (Å²) in [7, 11) is 1.72. The second-order valence-electron chi connectivity index (χ2n) is 6.24. The third-order valence-corrected chi connectivity index (χ3v) is 4.34. The van der Waals surface area contributed by atoms with Gasteiger partial charge in [0, 0.05) is 49.3 Å². The van der Waals surface area contributed by atoms with Crippen LogP contribution >= 0.6 is 12.4 Å². The number of nitrogens with two attached hydrogens (primary N) is 1. The van der Waals surface area contributed by atoms with Crippen LogP contribution in [0.4, 0.5) is 0 Å². The Kier molecular flexibility index (Phi) is 6.33. The number of methoxy groups -OCH3 is 1. The third kappa shape index (κ3) is 3.82. The van der Waals surface area contributed by atoms with Crippen molar-refractivity contribution in [1.29, 1.82) is 0 Å². The number of fused-ring (bicyclic) bond motifs is 3. The molecular weight excluding hydrogens is 312 g/mol.